The largest absolute Gasteiger partial charge is 0.384 e. The first kappa shape index (κ1) is 22.7. The van der Waals surface area contributed by atoms with Crippen LogP contribution in [0.15, 0.2) is 71.7 Å². The molecule has 3 aromatic rings. The van der Waals surface area contributed by atoms with Gasteiger partial charge in [0.15, 0.2) is 0 Å². The summed E-state index contributed by atoms with van der Waals surface area (Å²) in [6.45, 7) is 0.217. The van der Waals surface area contributed by atoms with Gasteiger partial charge in [0.25, 0.3) is 5.56 Å². The van der Waals surface area contributed by atoms with Gasteiger partial charge in [-0.2, -0.15) is 0 Å². The summed E-state index contributed by atoms with van der Waals surface area (Å²) in [5.74, 6) is -3.08. The molecule has 0 aliphatic heterocycles. The highest BCUT2D eigenvalue weighted by Gasteiger charge is 2.58. The van der Waals surface area contributed by atoms with Crippen LogP contribution in [0, 0.1) is 23.6 Å². The van der Waals surface area contributed by atoms with Gasteiger partial charge in [-0.15, -0.1) is 0 Å². The van der Waals surface area contributed by atoms with Crippen molar-refractivity contribution < 1.29 is 18.7 Å². The maximum atomic E-state index is 14.7. The highest BCUT2D eigenvalue weighted by atomic mass is 35.5. The number of ether oxygens (including phenoxy) is 1. The van der Waals surface area contributed by atoms with Crippen LogP contribution in [0.25, 0.3) is 5.69 Å². The Labute approximate surface area is 194 Å². The van der Waals surface area contributed by atoms with Gasteiger partial charge in [0, 0.05) is 42.1 Å². The first-order valence-electron chi connectivity index (χ1n) is 10.2. The second-order valence-electron chi connectivity index (χ2n) is 7.73. The fourth-order valence-electron chi connectivity index (χ4n) is 3.86. The molecule has 9 heteroatoms. The smallest absolute Gasteiger partial charge is 0.255 e. The van der Waals surface area contributed by atoms with Crippen molar-refractivity contribution in [3.05, 3.63) is 88.1 Å². The van der Waals surface area contributed by atoms with Gasteiger partial charge in [0.1, 0.15) is 5.82 Å². The molecule has 33 heavy (non-hydrogen) atoms. The van der Waals surface area contributed by atoms with Gasteiger partial charge in [-0.25, -0.2) is 4.39 Å². The molecule has 2 N–H and O–H groups in total. The highest BCUT2D eigenvalue weighted by Crippen LogP contribution is 2.48. The van der Waals surface area contributed by atoms with Crippen LogP contribution in [0.2, 0.25) is 5.02 Å². The minimum absolute atomic E-state index is 0.0346. The van der Waals surface area contributed by atoms with E-state index in [1.165, 1.54) is 42.1 Å². The third kappa shape index (κ3) is 4.97. The van der Waals surface area contributed by atoms with Gasteiger partial charge in [0.05, 0.1) is 29.8 Å². The second kappa shape index (κ2) is 9.56. The third-order valence-electron chi connectivity index (χ3n) is 5.56. The molecule has 1 fully saturated rings. The quantitative estimate of drug-likeness (QED) is 0.552. The van der Waals surface area contributed by atoms with Crippen molar-refractivity contribution in [2.45, 2.75) is 0 Å². The van der Waals surface area contributed by atoms with Gasteiger partial charge in [0.2, 0.25) is 11.8 Å². The van der Waals surface area contributed by atoms with Crippen LogP contribution >= 0.6 is 11.6 Å². The molecule has 2 amide bonds. The summed E-state index contributed by atoms with van der Waals surface area (Å²) in [6, 6.07) is 15.3. The molecule has 1 aromatic heterocycles. The summed E-state index contributed by atoms with van der Waals surface area (Å²) in [7, 11) is 1.49. The molecule has 1 saturated carbocycles. The number of hydrogen-bond donors (Lipinski definition) is 2. The van der Waals surface area contributed by atoms with Crippen LogP contribution in [0.3, 0.4) is 0 Å². The maximum absolute atomic E-state index is 14.7. The average Bonchev–Trinajstić information content (AvgIpc) is 3.51. The van der Waals surface area contributed by atoms with Gasteiger partial charge >= 0.3 is 0 Å². The van der Waals surface area contributed by atoms with Crippen molar-refractivity contribution in [2.24, 2.45) is 17.8 Å². The Morgan fingerprint density at radius 2 is 1.73 bits per heavy atom. The number of amides is 2. The van der Waals surface area contributed by atoms with Crippen LogP contribution in [0.4, 0.5) is 15.8 Å². The number of nitrogens with zero attached hydrogens (tertiary/aromatic N) is 1. The number of halogens is 2. The summed E-state index contributed by atoms with van der Waals surface area (Å²) >= 11 is 5.86. The van der Waals surface area contributed by atoms with E-state index in [0.717, 1.165) is 0 Å². The van der Waals surface area contributed by atoms with Crippen molar-refractivity contribution in [1.29, 1.82) is 0 Å². The Hall–Kier alpha value is -3.49. The lowest BCUT2D eigenvalue weighted by Crippen LogP contribution is -2.21. The van der Waals surface area contributed by atoms with E-state index in [4.69, 9.17) is 16.3 Å². The van der Waals surface area contributed by atoms with E-state index < -0.39 is 23.6 Å². The molecule has 3 atom stereocenters. The highest BCUT2D eigenvalue weighted by molar-refractivity contribution is 6.30. The van der Waals surface area contributed by atoms with Crippen LogP contribution < -0.4 is 16.2 Å². The molecule has 1 aliphatic carbocycles. The number of pyridine rings is 1. The summed E-state index contributed by atoms with van der Waals surface area (Å²) in [6.07, 6.45) is 1.53. The van der Waals surface area contributed by atoms with Crippen molar-refractivity contribution in [2.75, 3.05) is 24.4 Å². The van der Waals surface area contributed by atoms with E-state index in [9.17, 15) is 18.8 Å². The zero-order valence-electron chi connectivity index (χ0n) is 17.6. The number of benzene rings is 2. The maximum Gasteiger partial charge on any atom is 0.255 e. The first-order chi connectivity index (χ1) is 15.9. The van der Waals surface area contributed by atoms with E-state index in [1.807, 2.05) is 0 Å². The number of nitrogens with one attached hydrogen (secondary N) is 2. The number of anilines is 2. The summed E-state index contributed by atoms with van der Waals surface area (Å²) in [5.41, 5.74) is 0.556. The van der Waals surface area contributed by atoms with E-state index in [0.29, 0.717) is 16.4 Å². The van der Waals surface area contributed by atoms with Crippen LogP contribution in [-0.2, 0) is 14.3 Å². The fraction of sp³-hybridized carbons (Fsp3) is 0.208. The Morgan fingerprint density at radius 1 is 1.03 bits per heavy atom. The molecule has 170 valence electrons. The van der Waals surface area contributed by atoms with Crippen LogP contribution in [0.5, 0.6) is 0 Å². The summed E-state index contributed by atoms with van der Waals surface area (Å²) < 4.78 is 21.1. The predicted molar refractivity (Wildman–Crippen MR) is 123 cm³/mol. The summed E-state index contributed by atoms with van der Waals surface area (Å²) in [4.78, 5) is 37.5. The molecule has 1 heterocycles. The molecule has 2 aromatic carbocycles. The van der Waals surface area contributed by atoms with Gasteiger partial charge in [-0.05, 0) is 42.5 Å². The van der Waals surface area contributed by atoms with E-state index in [-0.39, 0.29) is 29.7 Å². The predicted octanol–water partition coefficient (Wildman–Crippen LogP) is 3.72. The Kier molecular flexibility index (Phi) is 6.57. The Balaban J connectivity index is 1.46. The molecule has 0 bridgehead atoms. The lowest BCUT2D eigenvalue weighted by atomic mass is 10.2. The van der Waals surface area contributed by atoms with Gasteiger partial charge in [-0.1, -0.05) is 17.7 Å². The molecular formula is C24H21ClFN3O4. The minimum atomic E-state index is -0.692. The topological polar surface area (TPSA) is 89.4 Å². The standard InChI is InChI=1S/C24H21ClFN3O4/c1-33-13-17-21(23(31)27-15-7-5-14(25)6-8-15)22(17)24(32)28-19-10-9-16(12-18(19)26)29-11-3-2-4-20(29)30/h2-12,17,21-22H,13H2,1H3,(H,27,31)(H,28,32)/t17?,21-,22+/m0/s1. The monoisotopic (exact) mass is 469 g/mol. The molecule has 0 radical (unpaired) electrons. The fourth-order valence-corrected chi connectivity index (χ4v) is 3.99. The van der Waals surface area contributed by atoms with Crippen LogP contribution in [0.1, 0.15) is 0 Å². The van der Waals surface area contributed by atoms with Gasteiger partial charge in [-0.3, -0.25) is 19.0 Å². The average molecular weight is 470 g/mol. The molecule has 0 saturated heterocycles. The second-order valence-corrected chi connectivity index (χ2v) is 8.17. The SMILES string of the molecule is COCC1[C@@H](C(=O)Nc2ccc(-n3ccccc3=O)cc2F)[C@H]1C(=O)Nc1ccc(Cl)cc1. The third-order valence-corrected chi connectivity index (χ3v) is 5.81. The van der Waals surface area contributed by atoms with Crippen molar-refractivity contribution in [3.8, 4) is 5.69 Å². The zero-order chi connectivity index (χ0) is 23.5. The van der Waals surface area contributed by atoms with E-state index >= 15 is 0 Å². The lowest BCUT2D eigenvalue weighted by molar-refractivity contribution is -0.122. The molecule has 1 aliphatic rings. The molecule has 4 rings (SSSR count). The number of methoxy groups -OCH3 is 1. The molecule has 0 spiro atoms. The van der Waals surface area contributed by atoms with Crippen molar-refractivity contribution in [3.63, 3.8) is 0 Å². The van der Waals surface area contributed by atoms with Crippen molar-refractivity contribution in [1.82, 2.24) is 4.57 Å². The van der Waals surface area contributed by atoms with E-state index in [2.05, 4.69) is 10.6 Å². The summed E-state index contributed by atoms with van der Waals surface area (Å²) in [5, 5.41) is 5.87. The molecule has 1 unspecified atom stereocenters. The molecular weight excluding hydrogens is 449 g/mol. The Morgan fingerprint density at radius 3 is 2.36 bits per heavy atom. The molecule has 7 nitrogen and oxygen atoms in total. The normalized spacial score (nSPS) is 19.1. The number of hydrogen-bond acceptors (Lipinski definition) is 4. The zero-order valence-corrected chi connectivity index (χ0v) is 18.4. The minimum Gasteiger partial charge on any atom is -0.384 e. The first-order valence-corrected chi connectivity index (χ1v) is 10.6. The number of carbonyl (C=O) groups is 2. The number of aromatic nitrogens is 1. The van der Waals surface area contributed by atoms with E-state index in [1.54, 1.807) is 36.4 Å². The van der Waals surface area contributed by atoms with Gasteiger partial charge < -0.3 is 15.4 Å². The number of rotatable bonds is 7. The van der Waals surface area contributed by atoms with Crippen molar-refractivity contribution >= 4 is 34.8 Å². The number of carbonyl (C=O) groups excluding carboxylic acids is 2. The van der Waals surface area contributed by atoms with Crippen LogP contribution in [-0.4, -0.2) is 30.1 Å². The Bertz CT molecular complexity index is 1240. The lowest BCUT2D eigenvalue weighted by Gasteiger charge is -2.10.